The molecule has 0 radical (unpaired) electrons. The molecule has 0 bridgehead atoms. The molecule has 2 aromatic carbocycles. The summed E-state index contributed by atoms with van der Waals surface area (Å²) < 4.78 is 5.80. The highest BCUT2D eigenvalue weighted by atomic mass is 16.5. The molecular weight excluding hydrogens is 262 g/mol. The fraction of sp³-hybridized carbons (Fsp3) is 0.0588. The van der Waals surface area contributed by atoms with Gasteiger partial charge in [0.2, 0.25) is 0 Å². The summed E-state index contributed by atoms with van der Waals surface area (Å²) in [6.45, 7) is 0.418. The van der Waals surface area contributed by atoms with E-state index in [0.29, 0.717) is 12.3 Å². The number of fused-ring (bicyclic) bond motifs is 1. The fourth-order valence-electron chi connectivity index (χ4n) is 2.14. The Morgan fingerprint density at radius 2 is 1.86 bits per heavy atom. The second-order valence-corrected chi connectivity index (χ2v) is 4.76. The van der Waals surface area contributed by atoms with Crippen molar-refractivity contribution in [3.05, 3.63) is 72.1 Å². The van der Waals surface area contributed by atoms with Crippen LogP contribution in [0.15, 0.2) is 60.8 Å². The lowest BCUT2D eigenvalue weighted by atomic mass is 10.1. The summed E-state index contributed by atoms with van der Waals surface area (Å²) in [6.07, 6.45) is 1.63. The van der Waals surface area contributed by atoms with Gasteiger partial charge in [0.1, 0.15) is 23.9 Å². The number of aromatic nitrogens is 1. The first-order valence-corrected chi connectivity index (χ1v) is 6.63. The molecule has 0 spiro atoms. The number of amidine groups is 1. The summed E-state index contributed by atoms with van der Waals surface area (Å²) in [7, 11) is 0. The van der Waals surface area contributed by atoms with Crippen LogP contribution in [0, 0.1) is 5.41 Å². The van der Waals surface area contributed by atoms with Gasteiger partial charge in [0.15, 0.2) is 0 Å². The number of rotatable bonds is 4. The molecule has 1 aromatic heterocycles. The van der Waals surface area contributed by atoms with Crippen molar-refractivity contribution >= 4 is 16.6 Å². The Labute approximate surface area is 122 Å². The lowest BCUT2D eigenvalue weighted by molar-refractivity contribution is 0.306. The molecule has 0 aliphatic carbocycles. The lowest BCUT2D eigenvalue weighted by Crippen LogP contribution is -2.13. The Bertz CT molecular complexity index is 799. The summed E-state index contributed by atoms with van der Waals surface area (Å²) in [6, 6.07) is 17.8. The van der Waals surface area contributed by atoms with Gasteiger partial charge in [-0.1, -0.05) is 30.3 Å². The molecule has 3 N–H and O–H groups in total. The van der Waals surface area contributed by atoms with Crippen LogP contribution in [-0.2, 0) is 6.61 Å². The molecule has 21 heavy (non-hydrogen) atoms. The Morgan fingerprint density at radius 1 is 1.05 bits per heavy atom. The van der Waals surface area contributed by atoms with E-state index >= 15 is 0 Å². The molecule has 104 valence electrons. The van der Waals surface area contributed by atoms with Crippen LogP contribution in [0.3, 0.4) is 0 Å². The zero-order chi connectivity index (χ0) is 14.7. The van der Waals surface area contributed by atoms with E-state index in [9.17, 15) is 0 Å². The van der Waals surface area contributed by atoms with Crippen molar-refractivity contribution in [1.29, 1.82) is 5.41 Å². The van der Waals surface area contributed by atoms with Crippen molar-refractivity contribution in [2.24, 2.45) is 5.73 Å². The van der Waals surface area contributed by atoms with Crippen LogP contribution < -0.4 is 10.5 Å². The van der Waals surface area contributed by atoms with Crippen LogP contribution in [0.2, 0.25) is 0 Å². The Balaban J connectivity index is 1.77. The van der Waals surface area contributed by atoms with Crippen LogP contribution in [0.25, 0.3) is 10.8 Å². The zero-order valence-electron chi connectivity index (χ0n) is 11.4. The van der Waals surface area contributed by atoms with Crippen molar-refractivity contribution in [1.82, 2.24) is 4.98 Å². The third kappa shape index (κ3) is 3.00. The number of nitrogens with two attached hydrogens (primary N) is 1. The third-order valence-electron chi connectivity index (χ3n) is 3.23. The second-order valence-electron chi connectivity index (χ2n) is 4.76. The van der Waals surface area contributed by atoms with E-state index in [0.717, 1.165) is 16.7 Å². The van der Waals surface area contributed by atoms with Crippen molar-refractivity contribution in [2.45, 2.75) is 6.61 Å². The van der Waals surface area contributed by atoms with Crippen molar-refractivity contribution < 1.29 is 4.74 Å². The van der Waals surface area contributed by atoms with E-state index < -0.39 is 0 Å². The van der Waals surface area contributed by atoms with Gasteiger partial charge in [0.05, 0.1) is 0 Å². The SMILES string of the molecule is N=C(N)c1cc(COc2ccc3ccccc3c2)ccn1. The highest BCUT2D eigenvalue weighted by Gasteiger charge is 2.02. The molecule has 4 nitrogen and oxygen atoms in total. The van der Waals surface area contributed by atoms with Gasteiger partial charge in [-0.25, -0.2) is 0 Å². The van der Waals surface area contributed by atoms with Gasteiger partial charge in [-0.2, -0.15) is 0 Å². The van der Waals surface area contributed by atoms with Gasteiger partial charge in [-0.05, 0) is 40.6 Å². The van der Waals surface area contributed by atoms with E-state index in [1.807, 2.05) is 36.4 Å². The van der Waals surface area contributed by atoms with E-state index in [2.05, 4.69) is 17.1 Å². The summed E-state index contributed by atoms with van der Waals surface area (Å²) in [4.78, 5) is 4.03. The van der Waals surface area contributed by atoms with E-state index in [1.165, 1.54) is 5.39 Å². The number of pyridine rings is 1. The van der Waals surface area contributed by atoms with E-state index in [4.69, 9.17) is 15.9 Å². The van der Waals surface area contributed by atoms with Crippen molar-refractivity contribution in [2.75, 3.05) is 0 Å². The number of ether oxygens (including phenoxy) is 1. The van der Waals surface area contributed by atoms with Crippen LogP contribution in [0.1, 0.15) is 11.3 Å². The third-order valence-corrected chi connectivity index (χ3v) is 3.23. The minimum atomic E-state index is -0.0393. The fourth-order valence-corrected chi connectivity index (χ4v) is 2.14. The smallest absolute Gasteiger partial charge is 0.141 e. The van der Waals surface area contributed by atoms with Crippen LogP contribution in [0.4, 0.5) is 0 Å². The van der Waals surface area contributed by atoms with Gasteiger partial charge >= 0.3 is 0 Å². The molecule has 0 aliphatic rings. The quantitative estimate of drug-likeness (QED) is 0.568. The number of benzene rings is 2. The summed E-state index contributed by atoms with van der Waals surface area (Å²) in [5.41, 5.74) is 6.83. The first kappa shape index (κ1) is 13.1. The maximum atomic E-state index is 7.39. The average molecular weight is 277 g/mol. The standard InChI is InChI=1S/C17H15N3O/c18-17(19)16-9-12(7-8-20-16)11-21-15-6-5-13-3-1-2-4-14(13)10-15/h1-10H,11H2,(H3,18,19). The summed E-state index contributed by atoms with van der Waals surface area (Å²) in [5.74, 6) is 0.775. The molecular formula is C17H15N3O. The molecule has 0 amide bonds. The predicted octanol–water partition coefficient (Wildman–Crippen LogP) is 3.10. The maximum absolute atomic E-state index is 7.39. The molecule has 0 saturated carbocycles. The predicted molar refractivity (Wildman–Crippen MR) is 83.5 cm³/mol. The molecule has 0 unspecified atom stereocenters. The summed E-state index contributed by atoms with van der Waals surface area (Å²) >= 11 is 0. The number of hydrogen-bond donors (Lipinski definition) is 2. The van der Waals surface area contributed by atoms with Crippen LogP contribution in [-0.4, -0.2) is 10.8 Å². The first-order valence-electron chi connectivity index (χ1n) is 6.63. The molecule has 3 aromatic rings. The zero-order valence-corrected chi connectivity index (χ0v) is 11.4. The minimum absolute atomic E-state index is 0.0393. The van der Waals surface area contributed by atoms with Gasteiger partial charge in [-0.15, -0.1) is 0 Å². The van der Waals surface area contributed by atoms with Gasteiger partial charge in [0.25, 0.3) is 0 Å². The van der Waals surface area contributed by atoms with E-state index in [-0.39, 0.29) is 5.84 Å². The van der Waals surface area contributed by atoms with E-state index in [1.54, 1.807) is 12.3 Å². The van der Waals surface area contributed by atoms with Gasteiger partial charge < -0.3 is 10.5 Å². The molecule has 4 heteroatoms. The number of nitrogens with one attached hydrogen (secondary N) is 1. The minimum Gasteiger partial charge on any atom is -0.489 e. The molecule has 0 saturated heterocycles. The molecule has 0 aliphatic heterocycles. The molecule has 0 atom stereocenters. The topological polar surface area (TPSA) is 72.0 Å². The van der Waals surface area contributed by atoms with Gasteiger partial charge in [-0.3, -0.25) is 10.4 Å². The van der Waals surface area contributed by atoms with Gasteiger partial charge in [0, 0.05) is 6.20 Å². The Hall–Kier alpha value is -2.88. The maximum Gasteiger partial charge on any atom is 0.141 e. The Morgan fingerprint density at radius 3 is 2.67 bits per heavy atom. The molecule has 1 heterocycles. The Kier molecular flexibility index (Phi) is 3.51. The van der Waals surface area contributed by atoms with Crippen molar-refractivity contribution in [3.8, 4) is 5.75 Å². The normalized spacial score (nSPS) is 10.5. The monoisotopic (exact) mass is 277 g/mol. The number of nitrogens with zero attached hydrogens (tertiary/aromatic N) is 1. The number of nitrogen functional groups attached to an aromatic ring is 1. The molecule has 0 fully saturated rings. The van der Waals surface area contributed by atoms with Crippen LogP contribution >= 0.6 is 0 Å². The summed E-state index contributed by atoms with van der Waals surface area (Å²) in [5, 5.41) is 9.73. The number of hydrogen-bond acceptors (Lipinski definition) is 3. The average Bonchev–Trinajstić information content (AvgIpc) is 2.53. The highest BCUT2D eigenvalue weighted by Crippen LogP contribution is 2.21. The molecule has 3 rings (SSSR count). The lowest BCUT2D eigenvalue weighted by Gasteiger charge is -2.08. The highest BCUT2D eigenvalue weighted by molar-refractivity contribution is 5.93. The van der Waals surface area contributed by atoms with Crippen LogP contribution in [0.5, 0.6) is 5.75 Å². The largest absolute Gasteiger partial charge is 0.489 e. The first-order chi connectivity index (χ1) is 10.2. The second kappa shape index (κ2) is 5.63. The van der Waals surface area contributed by atoms with Crippen molar-refractivity contribution in [3.63, 3.8) is 0 Å².